The first-order valence-electron chi connectivity index (χ1n) is 7.06. The average Bonchev–Trinajstić information content (AvgIpc) is 2.46. The van der Waals surface area contributed by atoms with Crippen molar-refractivity contribution in [3.63, 3.8) is 0 Å². The van der Waals surface area contributed by atoms with Crippen LogP contribution >= 0.6 is 22.6 Å². The van der Waals surface area contributed by atoms with Crippen LogP contribution in [0.4, 0.5) is 0 Å². The molecule has 0 N–H and O–H groups in total. The summed E-state index contributed by atoms with van der Waals surface area (Å²) in [6, 6.07) is 24.1. The number of benzene rings is 3. The maximum atomic E-state index is 2.37. The maximum Gasteiger partial charge on any atom is 0.0136 e. The van der Waals surface area contributed by atoms with Gasteiger partial charge in [0, 0.05) is 3.57 Å². The fraction of sp³-hybridized carbons (Fsp3) is 0.100. The summed E-state index contributed by atoms with van der Waals surface area (Å²) >= 11 is 2.37. The van der Waals surface area contributed by atoms with Gasteiger partial charge in [-0.2, -0.15) is 0 Å². The van der Waals surface area contributed by atoms with E-state index >= 15 is 0 Å². The highest BCUT2D eigenvalue weighted by Gasteiger charge is 2.04. The second kappa shape index (κ2) is 6.02. The van der Waals surface area contributed by atoms with E-state index in [4.69, 9.17) is 0 Å². The predicted octanol–water partition coefficient (Wildman–Crippen LogP) is 6.24. The molecule has 0 atom stereocenters. The van der Waals surface area contributed by atoms with Crippen molar-refractivity contribution in [1.29, 1.82) is 0 Å². The van der Waals surface area contributed by atoms with Crippen molar-refractivity contribution in [2.45, 2.75) is 13.8 Å². The number of aryl methyl sites for hydroxylation is 2. The van der Waals surface area contributed by atoms with E-state index in [1.807, 2.05) is 0 Å². The Morgan fingerprint density at radius 2 is 1.14 bits per heavy atom. The first kappa shape index (κ1) is 14.3. The highest BCUT2D eigenvalue weighted by molar-refractivity contribution is 14.1. The minimum Gasteiger partial charge on any atom is -0.0614 e. The normalized spacial score (nSPS) is 10.6. The summed E-state index contributed by atoms with van der Waals surface area (Å²) in [6.07, 6.45) is 0. The molecule has 0 aliphatic heterocycles. The van der Waals surface area contributed by atoms with E-state index in [1.165, 1.54) is 37.0 Å². The molecule has 0 fully saturated rings. The molecule has 0 bridgehead atoms. The summed E-state index contributed by atoms with van der Waals surface area (Å²) in [5.41, 5.74) is 7.72. The van der Waals surface area contributed by atoms with Gasteiger partial charge in [0.25, 0.3) is 0 Å². The molecule has 0 spiro atoms. The van der Waals surface area contributed by atoms with E-state index < -0.39 is 0 Å². The Balaban J connectivity index is 2.12. The Labute approximate surface area is 140 Å². The van der Waals surface area contributed by atoms with Crippen LogP contribution in [0.1, 0.15) is 11.1 Å². The largest absolute Gasteiger partial charge is 0.0614 e. The molecule has 3 rings (SSSR count). The zero-order valence-corrected chi connectivity index (χ0v) is 14.4. The van der Waals surface area contributed by atoms with Crippen molar-refractivity contribution in [3.05, 3.63) is 81.4 Å². The first-order chi connectivity index (χ1) is 10.1. The maximum absolute atomic E-state index is 2.37. The van der Waals surface area contributed by atoms with E-state index in [-0.39, 0.29) is 0 Å². The van der Waals surface area contributed by atoms with Crippen LogP contribution in [0.2, 0.25) is 0 Å². The van der Waals surface area contributed by atoms with E-state index in [1.54, 1.807) is 0 Å². The van der Waals surface area contributed by atoms with Gasteiger partial charge in [-0.25, -0.2) is 0 Å². The molecule has 0 radical (unpaired) electrons. The SMILES string of the molecule is Cc1cccc(-c2cc(C)cc(-c3cccc(I)c3)c2)c1. The summed E-state index contributed by atoms with van der Waals surface area (Å²) in [7, 11) is 0. The molecular formula is C20H17I. The lowest BCUT2D eigenvalue weighted by Crippen LogP contribution is -1.85. The van der Waals surface area contributed by atoms with Crippen LogP contribution in [-0.2, 0) is 0 Å². The van der Waals surface area contributed by atoms with E-state index in [0.29, 0.717) is 0 Å². The monoisotopic (exact) mass is 384 g/mol. The predicted molar refractivity (Wildman–Crippen MR) is 99.5 cm³/mol. The van der Waals surface area contributed by atoms with Crippen LogP contribution in [-0.4, -0.2) is 0 Å². The van der Waals surface area contributed by atoms with Gasteiger partial charge in [-0.3, -0.25) is 0 Å². The molecule has 0 aliphatic carbocycles. The second-order valence-electron chi connectivity index (χ2n) is 5.47. The van der Waals surface area contributed by atoms with Gasteiger partial charge in [-0.05, 0) is 82.5 Å². The third-order valence-corrected chi connectivity index (χ3v) is 4.26. The summed E-state index contributed by atoms with van der Waals surface area (Å²) in [6.45, 7) is 4.30. The molecule has 3 aromatic rings. The lowest BCUT2D eigenvalue weighted by Gasteiger charge is -2.09. The molecule has 0 unspecified atom stereocenters. The lowest BCUT2D eigenvalue weighted by atomic mass is 9.96. The molecule has 0 aromatic heterocycles. The van der Waals surface area contributed by atoms with Gasteiger partial charge in [0.1, 0.15) is 0 Å². The van der Waals surface area contributed by atoms with Crippen molar-refractivity contribution >= 4 is 22.6 Å². The second-order valence-corrected chi connectivity index (χ2v) is 6.71. The smallest absolute Gasteiger partial charge is 0.0136 e. The van der Waals surface area contributed by atoms with E-state index in [0.717, 1.165) is 0 Å². The molecule has 0 heterocycles. The molecule has 0 nitrogen and oxygen atoms in total. The van der Waals surface area contributed by atoms with Crippen molar-refractivity contribution in [2.24, 2.45) is 0 Å². The fourth-order valence-electron chi connectivity index (χ4n) is 2.61. The highest BCUT2D eigenvalue weighted by Crippen LogP contribution is 2.29. The van der Waals surface area contributed by atoms with Crippen LogP contribution in [0.25, 0.3) is 22.3 Å². The summed E-state index contributed by atoms with van der Waals surface area (Å²) in [5.74, 6) is 0. The zero-order chi connectivity index (χ0) is 14.8. The van der Waals surface area contributed by atoms with Crippen LogP contribution in [0.5, 0.6) is 0 Å². The van der Waals surface area contributed by atoms with Gasteiger partial charge in [0.2, 0.25) is 0 Å². The molecule has 0 saturated carbocycles. The number of hydrogen-bond acceptors (Lipinski definition) is 0. The quantitative estimate of drug-likeness (QED) is 0.459. The highest BCUT2D eigenvalue weighted by atomic mass is 127. The van der Waals surface area contributed by atoms with Gasteiger partial charge in [-0.15, -0.1) is 0 Å². The Morgan fingerprint density at radius 3 is 1.76 bits per heavy atom. The van der Waals surface area contributed by atoms with Crippen LogP contribution in [0.15, 0.2) is 66.7 Å². The van der Waals surface area contributed by atoms with Crippen molar-refractivity contribution in [2.75, 3.05) is 0 Å². The molecule has 21 heavy (non-hydrogen) atoms. The lowest BCUT2D eigenvalue weighted by molar-refractivity contribution is 1.43. The average molecular weight is 384 g/mol. The third-order valence-electron chi connectivity index (χ3n) is 3.59. The van der Waals surface area contributed by atoms with Crippen molar-refractivity contribution in [1.82, 2.24) is 0 Å². The molecule has 3 aromatic carbocycles. The molecule has 0 saturated heterocycles. The topological polar surface area (TPSA) is 0 Å². The van der Waals surface area contributed by atoms with Crippen molar-refractivity contribution < 1.29 is 0 Å². The zero-order valence-electron chi connectivity index (χ0n) is 12.2. The molecular weight excluding hydrogens is 367 g/mol. The van der Waals surface area contributed by atoms with Crippen LogP contribution < -0.4 is 0 Å². The molecule has 0 amide bonds. The van der Waals surface area contributed by atoms with Gasteiger partial charge < -0.3 is 0 Å². The van der Waals surface area contributed by atoms with Gasteiger partial charge in [-0.1, -0.05) is 54.1 Å². The van der Waals surface area contributed by atoms with Gasteiger partial charge >= 0.3 is 0 Å². The molecule has 104 valence electrons. The van der Waals surface area contributed by atoms with Crippen LogP contribution in [0, 0.1) is 17.4 Å². The number of halogens is 1. The van der Waals surface area contributed by atoms with Crippen molar-refractivity contribution in [3.8, 4) is 22.3 Å². The summed E-state index contributed by atoms with van der Waals surface area (Å²) < 4.78 is 1.27. The van der Waals surface area contributed by atoms with Gasteiger partial charge in [0.15, 0.2) is 0 Å². The standard InChI is InChI=1S/C20H17I/c1-14-5-3-6-16(9-14)18-10-15(2)11-19(12-18)17-7-4-8-20(21)13-17/h3-13H,1-2H3. The Bertz CT molecular complexity index is 724. The third kappa shape index (κ3) is 3.35. The van der Waals surface area contributed by atoms with E-state index in [2.05, 4.69) is 103 Å². The minimum absolute atomic E-state index is 1.27. The Hall–Kier alpha value is -1.61. The number of hydrogen-bond donors (Lipinski definition) is 0. The molecule has 1 heteroatoms. The summed E-state index contributed by atoms with van der Waals surface area (Å²) in [5, 5.41) is 0. The van der Waals surface area contributed by atoms with E-state index in [9.17, 15) is 0 Å². The van der Waals surface area contributed by atoms with Gasteiger partial charge in [0.05, 0.1) is 0 Å². The minimum atomic E-state index is 1.27. The fourth-order valence-corrected chi connectivity index (χ4v) is 3.15. The summed E-state index contributed by atoms with van der Waals surface area (Å²) in [4.78, 5) is 0. The van der Waals surface area contributed by atoms with Crippen LogP contribution in [0.3, 0.4) is 0 Å². The molecule has 0 aliphatic rings. The first-order valence-corrected chi connectivity index (χ1v) is 8.14. The Kier molecular flexibility index (Phi) is 4.11. The number of rotatable bonds is 2. The Morgan fingerprint density at radius 1 is 0.571 bits per heavy atom.